The van der Waals surface area contributed by atoms with Gasteiger partial charge in [-0.2, -0.15) is 0 Å². The molecule has 4 rings (SSSR count). The zero-order chi connectivity index (χ0) is 20.5. The molecule has 0 unspecified atom stereocenters. The zero-order valence-corrected chi connectivity index (χ0v) is 16.5. The van der Waals surface area contributed by atoms with Crippen LogP contribution in [0, 0.1) is 6.92 Å². The fourth-order valence-electron chi connectivity index (χ4n) is 3.32. The number of carboxylic acid groups (broad SMARTS) is 1. The first-order chi connectivity index (χ1) is 13.9. The summed E-state index contributed by atoms with van der Waals surface area (Å²) in [5.41, 5.74) is 6.27. The van der Waals surface area contributed by atoms with Gasteiger partial charge in [0, 0.05) is 36.9 Å². The predicted octanol–water partition coefficient (Wildman–Crippen LogP) is 5.04. The van der Waals surface area contributed by atoms with Crippen molar-refractivity contribution in [3.8, 4) is 22.5 Å². The van der Waals surface area contributed by atoms with Crippen LogP contribution in [0.5, 0.6) is 0 Å². The number of carboxylic acids is 1. The molecule has 0 saturated heterocycles. The number of hydrogen-bond donors (Lipinski definition) is 1. The zero-order valence-electron chi connectivity index (χ0n) is 16.5. The van der Waals surface area contributed by atoms with Gasteiger partial charge in [0.15, 0.2) is 0 Å². The van der Waals surface area contributed by atoms with Gasteiger partial charge >= 0.3 is 5.97 Å². The van der Waals surface area contributed by atoms with Gasteiger partial charge in [0.2, 0.25) is 0 Å². The highest BCUT2D eigenvalue weighted by Crippen LogP contribution is 2.27. The summed E-state index contributed by atoms with van der Waals surface area (Å²) in [4.78, 5) is 23.0. The maximum atomic E-state index is 11.8. The average Bonchev–Trinajstić information content (AvgIpc) is 2.73. The number of aromatic nitrogens is 2. The minimum atomic E-state index is -0.971. The van der Waals surface area contributed by atoms with Crippen molar-refractivity contribution in [2.24, 2.45) is 0 Å². The van der Waals surface area contributed by atoms with Crippen LogP contribution in [0.3, 0.4) is 0 Å². The summed E-state index contributed by atoms with van der Waals surface area (Å²) in [6.07, 6.45) is 1.79. The number of aryl methyl sites for hydroxylation is 1. The van der Waals surface area contributed by atoms with E-state index >= 15 is 0 Å². The molecule has 0 saturated carbocycles. The second-order valence-corrected chi connectivity index (χ2v) is 7.25. The summed E-state index contributed by atoms with van der Waals surface area (Å²) in [6, 6.07) is 19.3. The summed E-state index contributed by atoms with van der Waals surface area (Å²) < 4.78 is 0. The van der Waals surface area contributed by atoms with E-state index in [1.54, 1.807) is 12.3 Å². The summed E-state index contributed by atoms with van der Waals surface area (Å²) in [5, 5.41) is 10.3. The lowest BCUT2D eigenvalue weighted by atomic mass is 10.0. The van der Waals surface area contributed by atoms with Crippen molar-refractivity contribution in [1.82, 2.24) is 9.97 Å². The third-order valence-electron chi connectivity index (χ3n) is 4.94. The molecule has 0 aliphatic heterocycles. The summed E-state index contributed by atoms with van der Waals surface area (Å²) in [6.45, 7) is 1.93. The minimum Gasteiger partial charge on any atom is -0.478 e. The van der Waals surface area contributed by atoms with Gasteiger partial charge in [-0.1, -0.05) is 29.8 Å². The molecule has 0 amide bonds. The van der Waals surface area contributed by atoms with Crippen LogP contribution in [0.2, 0.25) is 0 Å². The van der Waals surface area contributed by atoms with Gasteiger partial charge in [-0.05, 0) is 48.9 Å². The molecule has 29 heavy (non-hydrogen) atoms. The second-order valence-electron chi connectivity index (χ2n) is 7.25. The van der Waals surface area contributed by atoms with Crippen molar-refractivity contribution in [3.05, 3.63) is 78.0 Å². The Bertz CT molecular complexity index is 1200. The molecule has 0 aliphatic carbocycles. The number of nitrogens with zero attached hydrogens (tertiary/aromatic N) is 3. The number of pyridine rings is 2. The fourth-order valence-corrected chi connectivity index (χ4v) is 3.32. The first kappa shape index (κ1) is 18.6. The molecule has 5 nitrogen and oxygen atoms in total. The molecule has 5 heteroatoms. The monoisotopic (exact) mass is 383 g/mol. The number of aromatic carboxylic acids is 1. The van der Waals surface area contributed by atoms with Crippen molar-refractivity contribution < 1.29 is 9.90 Å². The van der Waals surface area contributed by atoms with Crippen LogP contribution in [-0.2, 0) is 0 Å². The van der Waals surface area contributed by atoms with Crippen molar-refractivity contribution in [1.29, 1.82) is 0 Å². The summed E-state index contributed by atoms with van der Waals surface area (Å²) >= 11 is 0. The van der Waals surface area contributed by atoms with Gasteiger partial charge in [-0.25, -0.2) is 9.78 Å². The number of fused-ring (bicyclic) bond motifs is 1. The topological polar surface area (TPSA) is 66.3 Å². The van der Waals surface area contributed by atoms with E-state index in [1.165, 1.54) is 0 Å². The van der Waals surface area contributed by atoms with Gasteiger partial charge < -0.3 is 10.0 Å². The van der Waals surface area contributed by atoms with Gasteiger partial charge in [0.25, 0.3) is 0 Å². The lowest BCUT2D eigenvalue weighted by Crippen LogP contribution is -2.07. The average molecular weight is 383 g/mol. The molecular weight excluding hydrogens is 362 g/mol. The smallest absolute Gasteiger partial charge is 0.336 e. The molecule has 2 aromatic heterocycles. The van der Waals surface area contributed by atoms with E-state index < -0.39 is 5.97 Å². The van der Waals surface area contributed by atoms with Gasteiger partial charge in [0.1, 0.15) is 0 Å². The van der Waals surface area contributed by atoms with E-state index in [9.17, 15) is 9.90 Å². The molecular formula is C24H21N3O2. The van der Waals surface area contributed by atoms with Crippen molar-refractivity contribution in [2.45, 2.75) is 6.92 Å². The lowest BCUT2D eigenvalue weighted by Gasteiger charge is -2.12. The van der Waals surface area contributed by atoms with Crippen LogP contribution in [-0.4, -0.2) is 35.1 Å². The lowest BCUT2D eigenvalue weighted by molar-refractivity contribution is 0.0699. The maximum Gasteiger partial charge on any atom is 0.336 e. The van der Waals surface area contributed by atoms with Crippen LogP contribution < -0.4 is 4.90 Å². The van der Waals surface area contributed by atoms with Crippen LogP contribution in [0.15, 0.2) is 66.9 Å². The molecule has 0 fully saturated rings. The van der Waals surface area contributed by atoms with E-state index in [0.717, 1.165) is 22.4 Å². The Morgan fingerprint density at radius 3 is 2.24 bits per heavy atom. The summed E-state index contributed by atoms with van der Waals surface area (Å²) in [5.74, 6) is -0.971. The SMILES string of the molecule is Cc1ccc2nc(-c3ccc(-c4ccc(N(C)C)cc4)cn3)cc(C(=O)O)c2c1. The Morgan fingerprint density at radius 1 is 0.897 bits per heavy atom. The number of hydrogen-bond acceptors (Lipinski definition) is 4. The van der Waals surface area contributed by atoms with E-state index in [2.05, 4.69) is 39.1 Å². The van der Waals surface area contributed by atoms with Gasteiger partial charge in [-0.3, -0.25) is 4.98 Å². The third kappa shape index (κ3) is 3.67. The van der Waals surface area contributed by atoms with Crippen LogP contribution >= 0.6 is 0 Å². The summed E-state index contributed by atoms with van der Waals surface area (Å²) in [7, 11) is 4.02. The van der Waals surface area contributed by atoms with E-state index in [1.807, 2.05) is 51.4 Å². The van der Waals surface area contributed by atoms with Gasteiger partial charge in [-0.15, -0.1) is 0 Å². The number of benzene rings is 2. The molecule has 0 radical (unpaired) electrons. The van der Waals surface area contributed by atoms with E-state index in [4.69, 9.17) is 0 Å². The highest BCUT2D eigenvalue weighted by molar-refractivity contribution is 6.03. The maximum absolute atomic E-state index is 11.8. The van der Waals surface area contributed by atoms with E-state index in [-0.39, 0.29) is 5.56 Å². The normalized spacial score (nSPS) is 10.9. The molecule has 0 aliphatic rings. The standard InChI is InChI=1S/C24H21N3O2/c1-15-4-10-21-19(12-15)20(24(28)29)13-23(26-21)22-11-7-17(14-25-22)16-5-8-18(9-6-16)27(2)3/h4-14H,1-3H3,(H,28,29). The number of anilines is 1. The molecule has 0 atom stereocenters. The second kappa shape index (κ2) is 7.36. The van der Waals surface area contributed by atoms with Crippen molar-refractivity contribution in [2.75, 3.05) is 19.0 Å². The highest BCUT2D eigenvalue weighted by Gasteiger charge is 2.14. The molecule has 2 heterocycles. The molecule has 0 bridgehead atoms. The quantitative estimate of drug-likeness (QED) is 0.535. The molecule has 144 valence electrons. The highest BCUT2D eigenvalue weighted by atomic mass is 16.4. The Morgan fingerprint density at radius 2 is 1.62 bits per heavy atom. The van der Waals surface area contributed by atoms with Crippen molar-refractivity contribution in [3.63, 3.8) is 0 Å². The van der Waals surface area contributed by atoms with Crippen molar-refractivity contribution >= 4 is 22.6 Å². The Labute approximate surface area is 169 Å². The van der Waals surface area contributed by atoms with Crippen LogP contribution in [0.25, 0.3) is 33.4 Å². The Balaban J connectivity index is 1.73. The first-order valence-corrected chi connectivity index (χ1v) is 9.31. The molecule has 4 aromatic rings. The largest absolute Gasteiger partial charge is 0.478 e. The molecule has 1 N–H and O–H groups in total. The first-order valence-electron chi connectivity index (χ1n) is 9.31. The van der Waals surface area contributed by atoms with Gasteiger partial charge in [0.05, 0.1) is 22.5 Å². The molecule has 2 aromatic carbocycles. The van der Waals surface area contributed by atoms with Crippen LogP contribution in [0.4, 0.5) is 5.69 Å². The number of rotatable bonds is 4. The predicted molar refractivity (Wildman–Crippen MR) is 116 cm³/mol. The van der Waals surface area contributed by atoms with Crippen LogP contribution in [0.1, 0.15) is 15.9 Å². The minimum absolute atomic E-state index is 0.235. The third-order valence-corrected chi connectivity index (χ3v) is 4.94. The molecule has 0 spiro atoms. The fraction of sp³-hybridized carbons (Fsp3) is 0.125. The Hall–Kier alpha value is -3.73. The number of carbonyl (C=O) groups is 1. The van der Waals surface area contributed by atoms with E-state index in [0.29, 0.717) is 22.3 Å². The Kier molecular flexibility index (Phi) is 4.72.